The van der Waals surface area contributed by atoms with Crippen LogP contribution in [0.25, 0.3) is 0 Å². The summed E-state index contributed by atoms with van der Waals surface area (Å²) in [6.07, 6.45) is 2.73. The van der Waals surface area contributed by atoms with Gasteiger partial charge in [-0.3, -0.25) is 4.90 Å². The van der Waals surface area contributed by atoms with Crippen molar-refractivity contribution in [1.29, 1.82) is 0 Å². The van der Waals surface area contributed by atoms with Gasteiger partial charge < -0.3 is 10.1 Å². The molecule has 96 valence electrons. The lowest BCUT2D eigenvalue weighted by Gasteiger charge is -2.44. The van der Waals surface area contributed by atoms with E-state index in [0.717, 1.165) is 13.2 Å². The highest BCUT2D eigenvalue weighted by atomic mass is 16.5. The molecule has 0 saturated carbocycles. The normalized spacial score (nSPS) is 31.3. The van der Waals surface area contributed by atoms with E-state index in [2.05, 4.69) is 45.0 Å². The molecule has 0 aliphatic carbocycles. The van der Waals surface area contributed by atoms with Crippen LogP contribution in [0.4, 0.5) is 0 Å². The van der Waals surface area contributed by atoms with Crippen LogP contribution in [0.3, 0.4) is 0 Å². The van der Waals surface area contributed by atoms with Gasteiger partial charge >= 0.3 is 0 Å². The van der Waals surface area contributed by atoms with Gasteiger partial charge in [-0.15, -0.1) is 0 Å². The molecule has 1 N–H and O–H groups in total. The fraction of sp³-hybridized carbons (Fsp3) is 1.00. The topological polar surface area (TPSA) is 24.5 Å². The van der Waals surface area contributed by atoms with Crippen LogP contribution in [-0.4, -0.2) is 49.3 Å². The molecule has 0 aromatic heterocycles. The van der Waals surface area contributed by atoms with Crippen molar-refractivity contribution in [2.24, 2.45) is 0 Å². The van der Waals surface area contributed by atoms with Crippen LogP contribution in [0.2, 0.25) is 0 Å². The first-order valence-corrected chi connectivity index (χ1v) is 6.68. The van der Waals surface area contributed by atoms with Crippen molar-refractivity contribution in [2.75, 3.05) is 20.2 Å². The molecule has 4 unspecified atom stereocenters. The fourth-order valence-corrected chi connectivity index (χ4v) is 2.74. The molecule has 16 heavy (non-hydrogen) atoms. The highest BCUT2D eigenvalue weighted by Crippen LogP contribution is 2.19. The van der Waals surface area contributed by atoms with Crippen LogP contribution in [0.5, 0.6) is 0 Å². The number of ether oxygens (including phenoxy) is 1. The van der Waals surface area contributed by atoms with Crippen LogP contribution in [-0.2, 0) is 4.74 Å². The van der Waals surface area contributed by atoms with Crippen LogP contribution >= 0.6 is 0 Å². The van der Waals surface area contributed by atoms with Gasteiger partial charge in [-0.1, -0.05) is 13.8 Å². The van der Waals surface area contributed by atoms with E-state index in [-0.39, 0.29) is 0 Å². The molecule has 1 aliphatic heterocycles. The SMILES string of the molecule is CCC(NC)C(C)N1CC(C)OCC1CC. The number of nitrogens with zero attached hydrogens (tertiary/aromatic N) is 1. The molecular formula is C13H28N2O. The van der Waals surface area contributed by atoms with Crippen molar-refractivity contribution in [3.8, 4) is 0 Å². The van der Waals surface area contributed by atoms with E-state index in [4.69, 9.17) is 4.74 Å². The molecular weight excluding hydrogens is 200 g/mol. The van der Waals surface area contributed by atoms with Gasteiger partial charge in [0.05, 0.1) is 12.7 Å². The predicted molar refractivity (Wildman–Crippen MR) is 68.8 cm³/mol. The molecule has 0 amide bonds. The maximum atomic E-state index is 5.75. The Hall–Kier alpha value is -0.120. The summed E-state index contributed by atoms with van der Waals surface area (Å²) in [6, 6.07) is 1.76. The van der Waals surface area contributed by atoms with Gasteiger partial charge in [-0.05, 0) is 33.7 Å². The zero-order valence-electron chi connectivity index (χ0n) is 11.5. The summed E-state index contributed by atoms with van der Waals surface area (Å²) >= 11 is 0. The number of hydrogen-bond acceptors (Lipinski definition) is 3. The Labute approximate surface area is 101 Å². The Bertz CT molecular complexity index is 194. The van der Waals surface area contributed by atoms with Crippen molar-refractivity contribution in [3.63, 3.8) is 0 Å². The van der Waals surface area contributed by atoms with Crippen molar-refractivity contribution in [1.82, 2.24) is 10.2 Å². The van der Waals surface area contributed by atoms with E-state index in [1.54, 1.807) is 0 Å². The van der Waals surface area contributed by atoms with E-state index >= 15 is 0 Å². The maximum Gasteiger partial charge on any atom is 0.0674 e. The zero-order chi connectivity index (χ0) is 12.1. The first-order chi connectivity index (χ1) is 7.63. The number of morpholine rings is 1. The summed E-state index contributed by atoms with van der Waals surface area (Å²) in [5.74, 6) is 0. The third-order valence-electron chi connectivity index (χ3n) is 3.90. The largest absolute Gasteiger partial charge is 0.376 e. The molecule has 1 fully saturated rings. The lowest BCUT2D eigenvalue weighted by Crippen LogP contribution is -2.57. The zero-order valence-corrected chi connectivity index (χ0v) is 11.5. The van der Waals surface area contributed by atoms with E-state index in [1.165, 1.54) is 12.8 Å². The molecule has 1 heterocycles. The quantitative estimate of drug-likeness (QED) is 0.777. The Kier molecular flexibility index (Phi) is 5.73. The van der Waals surface area contributed by atoms with Gasteiger partial charge in [-0.25, -0.2) is 0 Å². The average Bonchev–Trinajstić information content (AvgIpc) is 2.30. The molecule has 1 saturated heterocycles. The first-order valence-electron chi connectivity index (χ1n) is 6.68. The second-order valence-electron chi connectivity index (χ2n) is 4.95. The lowest BCUT2D eigenvalue weighted by molar-refractivity contribution is -0.0746. The summed E-state index contributed by atoms with van der Waals surface area (Å²) in [4.78, 5) is 2.62. The minimum absolute atomic E-state index is 0.375. The average molecular weight is 228 g/mol. The number of nitrogens with one attached hydrogen (secondary N) is 1. The van der Waals surface area contributed by atoms with Crippen molar-refractivity contribution < 1.29 is 4.74 Å². The second-order valence-corrected chi connectivity index (χ2v) is 4.95. The number of hydrogen-bond donors (Lipinski definition) is 1. The van der Waals surface area contributed by atoms with Crippen molar-refractivity contribution in [3.05, 3.63) is 0 Å². The van der Waals surface area contributed by atoms with Crippen LogP contribution in [0.15, 0.2) is 0 Å². The lowest BCUT2D eigenvalue weighted by atomic mass is 10.0. The van der Waals surface area contributed by atoms with Gasteiger partial charge in [0.2, 0.25) is 0 Å². The molecule has 0 spiro atoms. The van der Waals surface area contributed by atoms with Gasteiger partial charge in [0.15, 0.2) is 0 Å². The monoisotopic (exact) mass is 228 g/mol. The van der Waals surface area contributed by atoms with Crippen LogP contribution < -0.4 is 5.32 Å². The molecule has 0 aromatic carbocycles. The van der Waals surface area contributed by atoms with Crippen LogP contribution in [0, 0.1) is 0 Å². The van der Waals surface area contributed by atoms with Gasteiger partial charge in [0.1, 0.15) is 0 Å². The van der Waals surface area contributed by atoms with Crippen molar-refractivity contribution >= 4 is 0 Å². The smallest absolute Gasteiger partial charge is 0.0674 e. The second kappa shape index (κ2) is 6.58. The fourth-order valence-electron chi connectivity index (χ4n) is 2.74. The summed E-state index contributed by atoms with van der Waals surface area (Å²) in [7, 11) is 2.06. The number of rotatable bonds is 5. The highest BCUT2D eigenvalue weighted by molar-refractivity contribution is 4.87. The molecule has 0 bridgehead atoms. The minimum atomic E-state index is 0.375. The van der Waals surface area contributed by atoms with Gasteiger partial charge in [-0.2, -0.15) is 0 Å². The molecule has 1 aliphatic rings. The molecule has 0 radical (unpaired) electrons. The molecule has 3 heteroatoms. The predicted octanol–water partition coefficient (Wildman–Crippen LogP) is 1.87. The Morgan fingerprint density at radius 3 is 2.62 bits per heavy atom. The maximum absolute atomic E-state index is 5.75. The molecule has 3 nitrogen and oxygen atoms in total. The Morgan fingerprint density at radius 2 is 2.12 bits per heavy atom. The highest BCUT2D eigenvalue weighted by Gasteiger charge is 2.31. The van der Waals surface area contributed by atoms with E-state index in [9.17, 15) is 0 Å². The van der Waals surface area contributed by atoms with Gasteiger partial charge in [0, 0.05) is 24.7 Å². The van der Waals surface area contributed by atoms with Gasteiger partial charge in [0.25, 0.3) is 0 Å². The summed E-state index contributed by atoms with van der Waals surface area (Å²) in [5.41, 5.74) is 0. The summed E-state index contributed by atoms with van der Waals surface area (Å²) < 4.78 is 5.75. The van der Waals surface area contributed by atoms with E-state index in [0.29, 0.717) is 24.2 Å². The third kappa shape index (κ3) is 3.19. The van der Waals surface area contributed by atoms with E-state index in [1.807, 2.05) is 0 Å². The number of likely N-dealkylation sites (N-methyl/N-ethyl adjacent to an activating group) is 1. The van der Waals surface area contributed by atoms with Crippen molar-refractivity contribution in [2.45, 2.75) is 64.8 Å². The van der Waals surface area contributed by atoms with Crippen LogP contribution in [0.1, 0.15) is 40.5 Å². The minimum Gasteiger partial charge on any atom is -0.376 e. The summed E-state index contributed by atoms with van der Waals surface area (Å²) in [6.45, 7) is 11.0. The third-order valence-corrected chi connectivity index (χ3v) is 3.90. The first kappa shape index (κ1) is 13.9. The molecule has 0 aromatic rings. The molecule has 1 rings (SSSR count). The summed E-state index contributed by atoms with van der Waals surface area (Å²) in [5, 5.41) is 3.43. The van der Waals surface area contributed by atoms with E-state index < -0.39 is 0 Å². The standard InChI is InChI=1S/C13H28N2O/c1-6-12-9-16-10(3)8-15(12)11(4)13(7-2)14-5/h10-14H,6-9H2,1-5H3. The Balaban J connectivity index is 2.65. The Morgan fingerprint density at radius 1 is 1.44 bits per heavy atom. The molecule has 4 atom stereocenters.